The first-order valence-electron chi connectivity index (χ1n) is 6.18. The van der Waals surface area contributed by atoms with Gasteiger partial charge in [0.1, 0.15) is 24.3 Å². The summed E-state index contributed by atoms with van der Waals surface area (Å²) in [7, 11) is 0. The Kier molecular flexibility index (Phi) is 4.15. The topological polar surface area (TPSA) is 35.5 Å². The van der Waals surface area contributed by atoms with Crippen LogP contribution < -0.4 is 0 Å². The van der Waals surface area contributed by atoms with Crippen LogP contribution in [0.15, 0.2) is 36.1 Å². The van der Waals surface area contributed by atoms with Gasteiger partial charge in [0.2, 0.25) is 0 Å². The summed E-state index contributed by atoms with van der Waals surface area (Å²) in [6, 6.07) is 10.0. The molecular weight excluding hydrogens is 228 g/mol. The van der Waals surface area contributed by atoms with Crippen molar-refractivity contribution in [3.05, 3.63) is 41.7 Å². The summed E-state index contributed by atoms with van der Waals surface area (Å²) >= 11 is 0. The van der Waals surface area contributed by atoms with Gasteiger partial charge >= 0.3 is 0 Å². The van der Waals surface area contributed by atoms with Gasteiger partial charge in [-0.1, -0.05) is 30.3 Å². The highest BCUT2D eigenvalue weighted by Gasteiger charge is 2.25. The van der Waals surface area contributed by atoms with E-state index in [4.69, 9.17) is 9.47 Å². The number of ether oxygens (including phenoxy) is 2. The average Bonchev–Trinajstić information content (AvgIpc) is 2.39. The van der Waals surface area contributed by atoms with Gasteiger partial charge in [0.15, 0.2) is 0 Å². The quantitative estimate of drug-likeness (QED) is 0.822. The van der Waals surface area contributed by atoms with Crippen LogP contribution in [0.3, 0.4) is 0 Å². The average molecular weight is 246 g/mol. The number of Topliss-reactive ketones (excluding diaryl/α,β-unsaturated/α-hetero) is 1. The Morgan fingerprint density at radius 1 is 1.22 bits per heavy atom. The summed E-state index contributed by atoms with van der Waals surface area (Å²) < 4.78 is 11.4. The number of rotatable bonds is 3. The van der Waals surface area contributed by atoms with Gasteiger partial charge in [-0.15, -0.1) is 0 Å². The van der Waals surface area contributed by atoms with E-state index < -0.39 is 0 Å². The molecule has 3 nitrogen and oxygen atoms in total. The van der Waals surface area contributed by atoms with E-state index in [-0.39, 0.29) is 11.9 Å². The summed E-state index contributed by atoms with van der Waals surface area (Å²) in [5, 5.41) is 0. The van der Waals surface area contributed by atoms with Crippen molar-refractivity contribution in [2.75, 3.05) is 13.2 Å². The normalized spacial score (nSPS) is 22.2. The van der Waals surface area contributed by atoms with Crippen LogP contribution >= 0.6 is 0 Å². The summed E-state index contributed by atoms with van der Waals surface area (Å²) in [6.07, 6.45) is 0.135. The van der Waals surface area contributed by atoms with Crippen molar-refractivity contribution in [2.24, 2.45) is 0 Å². The third kappa shape index (κ3) is 2.99. The molecule has 0 aliphatic carbocycles. The lowest BCUT2D eigenvalue weighted by molar-refractivity contribution is -0.122. The molecule has 0 radical (unpaired) electrons. The number of carbonyl (C=O) groups excluding carboxylic acids is 1. The molecule has 1 unspecified atom stereocenters. The zero-order valence-electron chi connectivity index (χ0n) is 10.8. The van der Waals surface area contributed by atoms with Crippen molar-refractivity contribution >= 4 is 11.4 Å². The standard InChI is InChI=1S/C15H18O3/c1-11(16)10-14-15(18-9-8-17-14)12(2)13-6-4-3-5-7-13/h3-7,14H,8-10H2,1-2H3/b15-12-. The molecule has 1 fully saturated rings. The van der Waals surface area contributed by atoms with E-state index in [2.05, 4.69) is 0 Å². The summed E-state index contributed by atoms with van der Waals surface area (Å²) in [6.45, 7) is 4.68. The van der Waals surface area contributed by atoms with E-state index in [1.165, 1.54) is 0 Å². The molecule has 1 atom stereocenters. The van der Waals surface area contributed by atoms with Gasteiger partial charge in [-0.2, -0.15) is 0 Å². The van der Waals surface area contributed by atoms with Crippen molar-refractivity contribution < 1.29 is 14.3 Å². The molecule has 0 spiro atoms. The van der Waals surface area contributed by atoms with Gasteiger partial charge < -0.3 is 9.47 Å². The second-order valence-corrected chi connectivity index (χ2v) is 4.47. The Balaban J connectivity index is 2.29. The molecule has 96 valence electrons. The number of benzene rings is 1. The Hall–Kier alpha value is -1.61. The first-order valence-corrected chi connectivity index (χ1v) is 6.18. The minimum absolute atomic E-state index is 0.115. The molecule has 2 rings (SSSR count). The molecular formula is C15H18O3. The lowest BCUT2D eigenvalue weighted by Crippen LogP contribution is -2.29. The van der Waals surface area contributed by atoms with E-state index in [1.54, 1.807) is 6.92 Å². The molecule has 0 bridgehead atoms. The van der Waals surface area contributed by atoms with Crippen molar-refractivity contribution in [3.63, 3.8) is 0 Å². The van der Waals surface area contributed by atoms with E-state index in [0.717, 1.165) is 16.9 Å². The van der Waals surface area contributed by atoms with Crippen LogP contribution in [0.5, 0.6) is 0 Å². The molecule has 1 aromatic rings. The Bertz CT molecular complexity index is 448. The number of carbonyl (C=O) groups is 1. The molecule has 0 aromatic heterocycles. The Morgan fingerprint density at radius 3 is 2.61 bits per heavy atom. The van der Waals surface area contributed by atoms with Crippen molar-refractivity contribution in [2.45, 2.75) is 26.4 Å². The molecule has 1 aliphatic heterocycles. The first-order chi connectivity index (χ1) is 8.68. The van der Waals surface area contributed by atoms with Gasteiger partial charge in [0.25, 0.3) is 0 Å². The molecule has 18 heavy (non-hydrogen) atoms. The van der Waals surface area contributed by atoms with E-state index in [1.807, 2.05) is 37.3 Å². The minimum atomic E-state index is -0.239. The van der Waals surface area contributed by atoms with Gasteiger partial charge in [0.05, 0.1) is 6.61 Å². The van der Waals surface area contributed by atoms with Crippen molar-refractivity contribution in [3.8, 4) is 0 Å². The first kappa shape index (κ1) is 12.8. The van der Waals surface area contributed by atoms with Gasteiger partial charge in [-0.3, -0.25) is 4.79 Å². The predicted octanol–water partition coefficient (Wildman–Crippen LogP) is 2.81. The van der Waals surface area contributed by atoms with Crippen LogP contribution in [0.4, 0.5) is 0 Å². The number of hydrogen-bond acceptors (Lipinski definition) is 3. The third-order valence-electron chi connectivity index (χ3n) is 3.00. The highest BCUT2D eigenvalue weighted by Crippen LogP contribution is 2.26. The molecule has 1 aromatic carbocycles. The lowest BCUT2D eigenvalue weighted by atomic mass is 10.0. The van der Waals surface area contributed by atoms with E-state index in [0.29, 0.717) is 19.6 Å². The predicted molar refractivity (Wildman–Crippen MR) is 70.0 cm³/mol. The maximum Gasteiger partial charge on any atom is 0.132 e. The second kappa shape index (κ2) is 5.83. The fourth-order valence-electron chi connectivity index (χ4n) is 2.10. The molecule has 0 N–H and O–H groups in total. The molecule has 3 heteroatoms. The summed E-state index contributed by atoms with van der Waals surface area (Å²) in [5.41, 5.74) is 2.15. The van der Waals surface area contributed by atoms with Gasteiger partial charge in [0, 0.05) is 6.42 Å². The van der Waals surface area contributed by atoms with Crippen LogP contribution in [0.1, 0.15) is 25.8 Å². The molecule has 0 saturated carbocycles. The third-order valence-corrected chi connectivity index (χ3v) is 3.00. The Labute approximate surface area is 107 Å². The molecule has 0 amide bonds. The Morgan fingerprint density at radius 2 is 1.94 bits per heavy atom. The van der Waals surface area contributed by atoms with Crippen molar-refractivity contribution in [1.82, 2.24) is 0 Å². The summed E-state index contributed by atoms with van der Waals surface area (Å²) in [4.78, 5) is 11.3. The SMILES string of the molecule is CC(=O)CC1OCCO/C1=C(/C)c1ccccc1. The fourth-order valence-corrected chi connectivity index (χ4v) is 2.10. The fraction of sp³-hybridized carbons (Fsp3) is 0.400. The molecule has 1 saturated heterocycles. The van der Waals surface area contributed by atoms with E-state index in [9.17, 15) is 4.79 Å². The smallest absolute Gasteiger partial charge is 0.132 e. The summed E-state index contributed by atoms with van der Waals surface area (Å²) in [5.74, 6) is 0.909. The molecule has 1 aliphatic rings. The highest BCUT2D eigenvalue weighted by molar-refractivity contribution is 5.77. The van der Waals surface area contributed by atoms with Crippen LogP contribution in [0.25, 0.3) is 5.57 Å². The van der Waals surface area contributed by atoms with Gasteiger partial charge in [-0.25, -0.2) is 0 Å². The lowest BCUT2D eigenvalue weighted by Gasteiger charge is -2.27. The highest BCUT2D eigenvalue weighted by atomic mass is 16.6. The van der Waals surface area contributed by atoms with Crippen LogP contribution in [0, 0.1) is 0 Å². The maximum atomic E-state index is 11.3. The molecule has 1 heterocycles. The van der Waals surface area contributed by atoms with Gasteiger partial charge in [-0.05, 0) is 25.0 Å². The zero-order valence-corrected chi connectivity index (χ0v) is 10.8. The number of allylic oxidation sites excluding steroid dienone is 1. The van der Waals surface area contributed by atoms with Crippen LogP contribution in [-0.2, 0) is 14.3 Å². The van der Waals surface area contributed by atoms with E-state index >= 15 is 0 Å². The zero-order chi connectivity index (χ0) is 13.0. The monoisotopic (exact) mass is 246 g/mol. The number of hydrogen-bond donors (Lipinski definition) is 0. The maximum absolute atomic E-state index is 11.3. The second-order valence-electron chi connectivity index (χ2n) is 4.47. The minimum Gasteiger partial charge on any atom is -0.492 e. The van der Waals surface area contributed by atoms with Crippen LogP contribution in [-0.4, -0.2) is 25.1 Å². The van der Waals surface area contributed by atoms with Crippen LogP contribution in [0.2, 0.25) is 0 Å². The largest absolute Gasteiger partial charge is 0.492 e. The van der Waals surface area contributed by atoms with Crippen molar-refractivity contribution in [1.29, 1.82) is 0 Å². The number of ketones is 1.